The van der Waals surface area contributed by atoms with Crippen molar-refractivity contribution in [2.75, 3.05) is 34.9 Å². The van der Waals surface area contributed by atoms with Crippen LogP contribution in [0, 0.1) is 0 Å². The van der Waals surface area contributed by atoms with Gasteiger partial charge in [0.05, 0.1) is 10.8 Å². The fourth-order valence-electron chi connectivity index (χ4n) is 2.87. The summed E-state index contributed by atoms with van der Waals surface area (Å²) in [5.74, 6) is 6.56. The molecule has 152 valence electrons. The Morgan fingerprint density at radius 2 is 1.83 bits per heavy atom. The van der Waals surface area contributed by atoms with Gasteiger partial charge in [0.2, 0.25) is 11.1 Å². The molecule has 3 N–H and O–H groups in total. The van der Waals surface area contributed by atoms with Gasteiger partial charge in [-0.3, -0.25) is 4.79 Å². The lowest BCUT2D eigenvalue weighted by Gasteiger charge is -2.21. The fourth-order valence-corrected chi connectivity index (χ4v) is 3.75. The third-order valence-corrected chi connectivity index (χ3v) is 5.66. The van der Waals surface area contributed by atoms with Gasteiger partial charge in [-0.1, -0.05) is 35.5 Å². The molecular weight excluding hydrogens is 408 g/mol. The number of halogens is 1. The molecule has 0 fully saturated rings. The minimum absolute atomic E-state index is 0.145. The van der Waals surface area contributed by atoms with E-state index in [-0.39, 0.29) is 11.7 Å². The summed E-state index contributed by atoms with van der Waals surface area (Å²) in [4.78, 5) is 14.5. The molecule has 0 atom stereocenters. The van der Waals surface area contributed by atoms with Gasteiger partial charge in [-0.2, -0.15) is 0 Å². The second kappa shape index (κ2) is 9.67. The number of hydrogen-bond acceptors (Lipinski definition) is 6. The molecule has 1 heterocycles. The summed E-state index contributed by atoms with van der Waals surface area (Å²) in [6.07, 6.45) is 0. The normalized spacial score (nSPS) is 10.7. The first-order valence-electron chi connectivity index (χ1n) is 9.26. The van der Waals surface area contributed by atoms with Gasteiger partial charge >= 0.3 is 0 Å². The van der Waals surface area contributed by atoms with E-state index >= 15 is 0 Å². The molecule has 7 nitrogen and oxygen atoms in total. The van der Waals surface area contributed by atoms with Crippen LogP contribution in [0.25, 0.3) is 11.4 Å². The van der Waals surface area contributed by atoms with Gasteiger partial charge < -0.3 is 16.1 Å². The average molecular weight is 431 g/mol. The fraction of sp³-hybridized carbons (Fsp3) is 0.250. The lowest BCUT2D eigenvalue weighted by molar-refractivity contribution is -0.113. The number of nitrogen functional groups attached to an aromatic ring is 1. The largest absolute Gasteiger partial charge is 0.372 e. The van der Waals surface area contributed by atoms with Gasteiger partial charge in [0.1, 0.15) is 0 Å². The third kappa shape index (κ3) is 5.02. The third-order valence-electron chi connectivity index (χ3n) is 4.39. The van der Waals surface area contributed by atoms with Crippen LogP contribution in [-0.4, -0.2) is 39.6 Å². The van der Waals surface area contributed by atoms with Crippen LogP contribution in [0.5, 0.6) is 0 Å². The molecule has 0 saturated carbocycles. The zero-order valence-corrected chi connectivity index (χ0v) is 17.9. The predicted octanol–water partition coefficient (Wildman–Crippen LogP) is 3.89. The number of nitrogens with one attached hydrogen (secondary N) is 1. The Morgan fingerprint density at radius 3 is 2.48 bits per heavy atom. The van der Waals surface area contributed by atoms with Crippen molar-refractivity contribution in [1.29, 1.82) is 0 Å². The molecule has 0 spiro atoms. The minimum atomic E-state index is -0.145. The van der Waals surface area contributed by atoms with E-state index in [9.17, 15) is 4.79 Å². The summed E-state index contributed by atoms with van der Waals surface area (Å²) in [5, 5.41) is 12.0. The van der Waals surface area contributed by atoms with Crippen molar-refractivity contribution in [2.24, 2.45) is 0 Å². The maximum atomic E-state index is 12.3. The standard InChI is InChI=1S/C20H23ClN6OS/c1-3-26(4-2)15-11-9-14(10-12-15)23-18(28)13-29-20-25-24-19(27(20)22)16-7-5-6-8-17(16)21/h5-12H,3-4,13,22H2,1-2H3,(H,23,28). The highest BCUT2D eigenvalue weighted by Gasteiger charge is 2.15. The summed E-state index contributed by atoms with van der Waals surface area (Å²) in [7, 11) is 0. The van der Waals surface area contributed by atoms with Gasteiger partial charge in [-0.05, 0) is 50.2 Å². The Kier molecular flexibility index (Phi) is 7.00. The number of anilines is 2. The topological polar surface area (TPSA) is 89.1 Å². The Labute approximate surface area is 179 Å². The molecule has 0 aliphatic heterocycles. The number of carbonyl (C=O) groups is 1. The first-order chi connectivity index (χ1) is 14.0. The summed E-state index contributed by atoms with van der Waals surface area (Å²) < 4.78 is 1.35. The highest BCUT2D eigenvalue weighted by atomic mass is 35.5. The molecule has 9 heteroatoms. The van der Waals surface area contributed by atoms with Crippen molar-refractivity contribution < 1.29 is 4.79 Å². The van der Waals surface area contributed by atoms with Crippen LogP contribution in [0.2, 0.25) is 5.02 Å². The predicted molar refractivity (Wildman–Crippen MR) is 120 cm³/mol. The van der Waals surface area contributed by atoms with Gasteiger partial charge in [0, 0.05) is 30.0 Å². The van der Waals surface area contributed by atoms with Crippen molar-refractivity contribution in [3.63, 3.8) is 0 Å². The number of nitrogens with two attached hydrogens (primary N) is 1. The van der Waals surface area contributed by atoms with Crippen LogP contribution in [0.4, 0.5) is 11.4 Å². The van der Waals surface area contributed by atoms with E-state index in [4.69, 9.17) is 17.4 Å². The van der Waals surface area contributed by atoms with Gasteiger partial charge in [-0.15, -0.1) is 10.2 Å². The van der Waals surface area contributed by atoms with Crippen molar-refractivity contribution in [3.05, 3.63) is 53.6 Å². The molecule has 3 aromatic rings. The van der Waals surface area contributed by atoms with Crippen LogP contribution in [-0.2, 0) is 4.79 Å². The van der Waals surface area contributed by atoms with Crippen molar-refractivity contribution in [2.45, 2.75) is 19.0 Å². The molecule has 0 unspecified atom stereocenters. The van der Waals surface area contributed by atoms with Crippen LogP contribution < -0.4 is 16.1 Å². The molecular formula is C20H23ClN6OS. The molecule has 2 aromatic carbocycles. The Hall–Kier alpha value is -2.71. The Bertz CT molecular complexity index is 971. The van der Waals surface area contributed by atoms with Gasteiger partial charge in [0.15, 0.2) is 5.82 Å². The number of nitrogens with zero attached hydrogens (tertiary/aromatic N) is 4. The van der Waals surface area contributed by atoms with Crippen LogP contribution in [0.1, 0.15) is 13.8 Å². The maximum Gasteiger partial charge on any atom is 0.234 e. The molecule has 1 aromatic heterocycles. The first-order valence-corrected chi connectivity index (χ1v) is 10.6. The molecule has 0 aliphatic carbocycles. The second-order valence-corrected chi connectivity index (χ2v) is 7.56. The van der Waals surface area contributed by atoms with E-state index in [0.29, 0.717) is 21.6 Å². The monoisotopic (exact) mass is 430 g/mol. The zero-order valence-electron chi connectivity index (χ0n) is 16.3. The number of amides is 1. The van der Waals surface area contributed by atoms with E-state index in [1.165, 1.54) is 16.4 Å². The Balaban J connectivity index is 1.59. The number of carbonyl (C=O) groups excluding carboxylic acids is 1. The van der Waals surface area contributed by atoms with Gasteiger partial charge in [-0.25, -0.2) is 4.68 Å². The molecule has 0 saturated heterocycles. The second-order valence-electron chi connectivity index (χ2n) is 6.21. The van der Waals surface area contributed by atoms with Crippen LogP contribution >= 0.6 is 23.4 Å². The van der Waals surface area contributed by atoms with E-state index in [1.54, 1.807) is 6.07 Å². The van der Waals surface area contributed by atoms with E-state index in [1.807, 2.05) is 42.5 Å². The lowest BCUT2D eigenvalue weighted by Crippen LogP contribution is -2.21. The van der Waals surface area contributed by atoms with Crippen LogP contribution in [0.15, 0.2) is 53.7 Å². The summed E-state index contributed by atoms with van der Waals surface area (Å²) in [5.41, 5.74) is 2.57. The maximum absolute atomic E-state index is 12.3. The number of thioether (sulfide) groups is 1. The molecule has 3 rings (SSSR count). The number of benzene rings is 2. The molecule has 0 bridgehead atoms. The smallest absolute Gasteiger partial charge is 0.234 e. The zero-order chi connectivity index (χ0) is 20.8. The minimum Gasteiger partial charge on any atom is -0.372 e. The summed E-state index contributed by atoms with van der Waals surface area (Å²) in [6, 6.07) is 15.1. The molecule has 1 amide bonds. The number of hydrogen-bond donors (Lipinski definition) is 2. The lowest BCUT2D eigenvalue weighted by atomic mass is 10.2. The van der Waals surface area contributed by atoms with E-state index in [0.717, 1.165) is 24.5 Å². The summed E-state index contributed by atoms with van der Waals surface area (Å²) in [6.45, 7) is 6.11. The first kappa shape index (κ1) is 21.0. The van der Waals surface area contributed by atoms with Crippen molar-refractivity contribution in [3.8, 4) is 11.4 Å². The van der Waals surface area contributed by atoms with Crippen molar-refractivity contribution in [1.82, 2.24) is 14.9 Å². The van der Waals surface area contributed by atoms with Crippen molar-refractivity contribution >= 4 is 40.6 Å². The van der Waals surface area contributed by atoms with Crippen LogP contribution in [0.3, 0.4) is 0 Å². The molecule has 0 aliphatic rings. The number of rotatable bonds is 8. The quantitative estimate of drug-likeness (QED) is 0.416. The molecule has 0 radical (unpaired) electrons. The Morgan fingerprint density at radius 1 is 1.14 bits per heavy atom. The molecule has 29 heavy (non-hydrogen) atoms. The summed E-state index contributed by atoms with van der Waals surface area (Å²) >= 11 is 7.41. The van der Waals surface area contributed by atoms with E-state index in [2.05, 4.69) is 34.3 Å². The highest BCUT2D eigenvalue weighted by molar-refractivity contribution is 7.99. The highest BCUT2D eigenvalue weighted by Crippen LogP contribution is 2.27. The average Bonchev–Trinajstić information content (AvgIpc) is 3.09. The van der Waals surface area contributed by atoms with E-state index < -0.39 is 0 Å². The SMILES string of the molecule is CCN(CC)c1ccc(NC(=O)CSc2nnc(-c3ccccc3Cl)n2N)cc1. The van der Waals surface area contributed by atoms with Gasteiger partial charge in [0.25, 0.3) is 0 Å². The number of aromatic nitrogens is 3.